The number of hydrogen-bond acceptors (Lipinski definition) is 4. The number of hydrogen-bond donors (Lipinski definition) is 3. The number of rotatable bonds is 9. The van der Waals surface area contributed by atoms with Crippen LogP contribution in [0.15, 0.2) is 24.3 Å². The van der Waals surface area contributed by atoms with Crippen molar-refractivity contribution in [3.63, 3.8) is 0 Å². The van der Waals surface area contributed by atoms with E-state index in [1.165, 1.54) is 25.1 Å². The van der Waals surface area contributed by atoms with Crippen molar-refractivity contribution >= 4 is 17.8 Å². The highest BCUT2D eigenvalue weighted by atomic mass is 19.1. The van der Waals surface area contributed by atoms with E-state index in [1.54, 1.807) is 6.07 Å². The van der Waals surface area contributed by atoms with E-state index in [1.807, 2.05) is 6.07 Å². The monoisotopic (exact) mass is 349 g/mol. The zero-order valence-electron chi connectivity index (χ0n) is 13.8. The maximum absolute atomic E-state index is 13.8. The number of aliphatic carboxylic acids is 1. The highest BCUT2D eigenvalue weighted by Gasteiger charge is 2.26. The van der Waals surface area contributed by atoms with Gasteiger partial charge in [0.1, 0.15) is 17.9 Å². The van der Waals surface area contributed by atoms with Gasteiger partial charge >= 0.3 is 5.97 Å². The molecule has 0 aliphatic heterocycles. The summed E-state index contributed by atoms with van der Waals surface area (Å²) in [6.45, 7) is 1.21. The Labute approximate surface area is 144 Å². The molecule has 0 fully saturated rings. The number of nitrogens with one attached hydrogen (secondary N) is 2. The van der Waals surface area contributed by atoms with Crippen molar-refractivity contribution in [1.82, 2.24) is 10.6 Å². The van der Waals surface area contributed by atoms with Gasteiger partial charge in [0.15, 0.2) is 0 Å². The fourth-order valence-corrected chi connectivity index (χ4v) is 2.25. The Morgan fingerprint density at radius 2 is 1.92 bits per heavy atom. The molecule has 3 N–H and O–H groups in total. The second-order valence-corrected chi connectivity index (χ2v) is 5.50. The first kappa shape index (κ1) is 20.1. The summed E-state index contributed by atoms with van der Waals surface area (Å²) in [6.07, 6.45) is 0.458. The number of benzene rings is 1. The normalized spacial score (nSPS) is 12.5. The molecular weight excluding hydrogens is 329 g/mol. The molecule has 0 saturated carbocycles. The highest BCUT2D eigenvalue weighted by molar-refractivity contribution is 5.90. The van der Waals surface area contributed by atoms with Crippen molar-refractivity contribution in [3.05, 3.63) is 35.6 Å². The van der Waals surface area contributed by atoms with E-state index in [0.717, 1.165) is 0 Å². The minimum atomic E-state index is -1.24. The Hall–Kier alpha value is -2.95. The van der Waals surface area contributed by atoms with E-state index in [9.17, 15) is 23.9 Å². The number of nitriles is 1. The Bertz CT molecular complexity index is 672. The summed E-state index contributed by atoms with van der Waals surface area (Å²) in [6, 6.07) is 5.44. The van der Waals surface area contributed by atoms with Crippen molar-refractivity contribution in [1.29, 1.82) is 5.26 Å². The number of carboxylic acid groups (broad SMARTS) is 1. The topological polar surface area (TPSA) is 119 Å². The number of nitrogens with zero attached hydrogens (tertiary/aromatic N) is 1. The summed E-state index contributed by atoms with van der Waals surface area (Å²) < 4.78 is 13.8. The molecule has 0 heterocycles. The first-order valence-corrected chi connectivity index (χ1v) is 7.75. The third-order valence-corrected chi connectivity index (χ3v) is 3.47. The Morgan fingerprint density at radius 1 is 1.24 bits per heavy atom. The maximum atomic E-state index is 13.8. The van der Waals surface area contributed by atoms with Crippen molar-refractivity contribution in [2.75, 3.05) is 0 Å². The van der Waals surface area contributed by atoms with E-state index < -0.39 is 35.7 Å². The number of amides is 2. The van der Waals surface area contributed by atoms with E-state index in [2.05, 4.69) is 10.6 Å². The van der Waals surface area contributed by atoms with Crippen molar-refractivity contribution in [2.45, 2.75) is 44.7 Å². The molecule has 0 unspecified atom stereocenters. The fourth-order valence-electron chi connectivity index (χ4n) is 2.25. The van der Waals surface area contributed by atoms with Crippen LogP contribution in [-0.2, 0) is 20.8 Å². The summed E-state index contributed by atoms with van der Waals surface area (Å²) in [4.78, 5) is 34.9. The molecule has 1 aromatic carbocycles. The summed E-state index contributed by atoms with van der Waals surface area (Å²) in [7, 11) is 0. The number of unbranched alkanes of at least 4 members (excludes halogenated alkanes) is 1. The summed E-state index contributed by atoms with van der Waals surface area (Å²) in [5, 5.41) is 22.4. The lowest BCUT2D eigenvalue weighted by Crippen LogP contribution is -2.52. The standard InChI is InChI=1S/C17H20FN3O4/c1-11(22)20-15(10-12-6-2-3-7-13(12)18)16(23)21-14(17(24)25)8-4-5-9-19/h2-3,6-7,14-15H,4-5,8,10H2,1H3,(H,20,22)(H,21,23)(H,24,25)/t14-,15-/m1/s1. The van der Waals surface area contributed by atoms with Crippen molar-refractivity contribution < 1.29 is 23.9 Å². The van der Waals surface area contributed by atoms with Crippen LogP contribution in [0.1, 0.15) is 31.7 Å². The molecule has 134 valence electrons. The van der Waals surface area contributed by atoms with Gasteiger partial charge in [0.25, 0.3) is 0 Å². The van der Waals surface area contributed by atoms with Gasteiger partial charge in [0, 0.05) is 19.8 Å². The molecule has 2 amide bonds. The first-order chi connectivity index (χ1) is 11.8. The highest BCUT2D eigenvalue weighted by Crippen LogP contribution is 2.10. The molecule has 2 atom stereocenters. The molecule has 7 nitrogen and oxygen atoms in total. The second-order valence-electron chi connectivity index (χ2n) is 5.50. The lowest BCUT2D eigenvalue weighted by atomic mass is 10.0. The predicted octanol–water partition coefficient (Wildman–Crippen LogP) is 1.14. The van der Waals surface area contributed by atoms with E-state index in [-0.39, 0.29) is 24.8 Å². The largest absolute Gasteiger partial charge is 0.480 e. The van der Waals surface area contributed by atoms with Gasteiger partial charge in [-0.05, 0) is 24.5 Å². The van der Waals surface area contributed by atoms with Gasteiger partial charge in [-0.1, -0.05) is 18.2 Å². The molecule has 0 bridgehead atoms. The lowest BCUT2D eigenvalue weighted by Gasteiger charge is -2.21. The molecule has 8 heteroatoms. The minimum Gasteiger partial charge on any atom is -0.480 e. The minimum absolute atomic E-state index is 0.0844. The molecule has 0 aromatic heterocycles. The van der Waals surface area contributed by atoms with Crippen LogP contribution in [0, 0.1) is 17.1 Å². The van der Waals surface area contributed by atoms with E-state index in [0.29, 0.717) is 6.42 Å². The van der Waals surface area contributed by atoms with Gasteiger partial charge in [-0.25, -0.2) is 9.18 Å². The number of carbonyl (C=O) groups excluding carboxylic acids is 2. The maximum Gasteiger partial charge on any atom is 0.326 e. The van der Waals surface area contributed by atoms with Gasteiger partial charge in [0.2, 0.25) is 11.8 Å². The van der Waals surface area contributed by atoms with Gasteiger partial charge in [-0.3, -0.25) is 9.59 Å². The van der Waals surface area contributed by atoms with Crippen LogP contribution in [0.3, 0.4) is 0 Å². The molecule has 0 spiro atoms. The Balaban J connectivity index is 2.84. The Kier molecular flexibility index (Phi) is 8.06. The molecule has 0 aliphatic rings. The van der Waals surface area contributed by atoms with Crippen LogP contribution >= 0.6 is 0 Å². The van der Waals surface area contributed by atoms with Crippen LogP contribution < -0.4 is 10.6 Å². The fraction of sp³-hybridized carbons (Fsp3) is 0.412. The average molecular weight is 349 g/mol. The molecule has 1 rings (SSSR count). The molecule has 0 saturated heterocycles. The molecule has 25 heavy (non-hydrogen) atoms. The van der Waals surface area contributed by atoms with E-state index in [4.69, 9.17) is 5.26 Å². The Morgan fingerprint density at radius 3 is 2.48 bits per heavy atom. The zero-order valence-corrected chi connectivity index (χ0v) is 13.8. The summed E-state index contributed by atoms with van der Waals surface area (Å²) in [5.41, 5.74) is 0.229. The van der Waals surface area contributed by atoms with Crippen LogP contribution in [-0.4, -0.2) is 35.0 Å². The van der Waals surface area contributed by atoms with Gasteiger partial charge in [-0.15, -0.1) is 0 Å². The van der Waals surface area contributed by atoms with Gasteiger partial charge in [0.05, 0.1) is 6.07 Å². The molecule has 1 aromatic rings. The third-order valence-electron chi connectivity index (χ3n) is 3.47. The van der Waals surface area contributed by atoms with Crippen LogP contribution in [0.25, 0.3) is 0 Å². The number of carbonyl (C=O) groups is 3. The number of carboxylic acids is 1. The van der Waals surface area contributed by atoms with Gasteiger partial charge < -0.3 is 15.7 Å². The molecule has 0 aliphatic carbocycles. The van der Waals surface area contributed by atoms with Crippen LogP contribution in [0.5, 0.6) is 0 Å². The van der Waals surface area contributed by atoms with Crippen molar-refractivity contribution in [2.24, 2.45) is 0 Å². The first-order valence-electron chi connectivity index (χ1n) is 7.75. The van der Waals surface area contributed by atoms with Crippen LogP contribution in [0.4, 0.5) is 4.39 Å². The third kappa shape index (κ3) is 6.99. The van der Waals surface area contributed by atoms with Crippen molar-refractivity contribution in [3.8, 4) is 6.07 Å². The zero-order chi connectivity index (χ0) is 18.8. The SMILES string of the molecule is CC(=O)N[C@H](Cc1ccccc1F)C(=O)N[C@H](CCCC#N)C(=O)O. The quantitative estimate of drug-likeness (QED) is 0.578. The molecular formula is C17H20FN3O4. The second kappa shape index (κ2) is 10.0. The average Bonchev–Trinajstić information content (AvgIpc) is 2.54. The summed E-state index contributed by atoms with van der Waals surface area (Å²) in [5.74, 6) is -2.97. The van der Waals surface area contributed by atoms with Crippen LogP contribution in [0.2, 0.25) is 0 Å². The molecule has 0 radical (unpaired) electrons. The van der Waals surface area contributed by atoms with Gasteiger partial charge in [-0.2, -0.15) is 5.26 Å². The smallest absolute Gasteiger partial charge is 0.326 e. The summed E-state index contributed by atoms with van der Waals surface area (Å²) >= 11 is 0. The van der Waals surface area contributed by atoms with E-state index >= 15 is 0 Å². The lowest BCUT2D eigenvalue weighted by molar-refractivity contribution is -0.142. The predicted molar refractivity (Wildman–Crippen MR) is 86.7 cm³/mol. The number of halogens is 1.